The van der Waals surface area contributed by atoms with Gasteiger partial charge in [-0.1, -0.05) is 90.5 Å². The van der Waals surface area contributed by atoms with Crippen molar-refractivity contribution in [2.75, 3.05) is 0 Å². The average Bonchev–Trinajstić information content (AvgIpc) is 2.63. The summed E-state index contributed by atoms with van der Waals surface area (Å²) in [4.78, 5) is 0. The van der Waals surface area contributed by atoms with Crippen LogP contribution in [0.2, 0.25) is 0 Å². The molecule has 0 atom stereocenters. The Morgan fingerprint density at radius 2 is 1.10 bits per heavy atom. The number of aryl methyl sites for hydroxylation is 1. The summed E-state index contributed by atoms with van der Waals surface area (Å²) in [6.45, 7) is 2.28. The maximum atomic E-state index is 4.66. The summed E-state index contributed by atoms with van der Waals surface area (Å²) in [6.07, 6.45) is 15.3. The van der Waals surface area contributed by atoms with Gasteiger partial charge >= 0.3 is 21.1 Å². The first-order chi connectivity index (χ1) is 14.1. The van der Waals surface area contributed by atoms with Crippen molar-refractivity contribution in [2.45, 2.75) is 77.6 Å². The Morgan fingerprint density at radius 1 is 0.742 bits per heavy atom. The number of hydrogen-bond acceptors (Lipinski definition) is 6. The van der Waals surface area contributed by atoms with Crippen molar-refractivity contribution in [2.24, 2.45) is 17.2 Å². The zero-order chi connectivity index (χ0) is 23.6. The second-order valence-electron chi connectivity index (χ2n) is 6.28. The fourth-order valence-electron chi connectivity index (χ4n) is 2.39. The second-order valence-corrected chi connectivity index (χ2v) is 9.69. The molecule has 0 spiro atoms. The molecule has 0 radical (unpaired) electrons. The molecule has 31 heavy (non-hydrogen) atoms. The van der Waals surface area contributed by atoms with Gasteiger partial charge in [-0.25, -0.2) is 0 Å². The number of thiocarbonyl (C=S) groups is 3. The molecule has 3 nitrogen and oxygen atoms in total. The summed E-state index contributed by atoms with van der Waals surface area (Å²) < 4.78 is 0.250. The number of hydrogen-bond donors (Lipinski definition) is 3. The fourth-order valence-corrected chi connectivity index (χ4v) is 2.39. The Bertz CT molecular complexity index is 493. The van der Waals surface area contributed by atoms with E-state index in [9.17, 15) is 0 Å². The van der Waals surface area contributed by atoms with Gasteiger partial charge in [-0.2, -0.15) is 35.9 Å². The number of unbranched alkanes of at least 4 members (excludes halogenated alkanes) is 9. The topological polar surface area (TPSA) is 78.1 Å². The van der Waals surface area contributed by atoms with Gasteiger partial charge in [-0.15, -0.1) is 0 Å². The molecule has 0 aliphatic heterocycles. The number of nitrogens with two attached hydrogens (primary N) is 3. The molecule has 0 saturated heterocycles. The summed E-state index contributed by atoms with van der Waals surface area (Å²) >= 11 is 24.8. The maximum absolute atomic E-state index is 4.66. The van der Waals surface area contributed by atoms with Gasteiger partial charge in [0, 0.05) is 0 Å². The first-order valence-electron chi connectivity index (χ1n) is 9.98. The van der Waals surface area contributed by atoms with Gasteiger partial charge < -0.3 is 91.7 Å². The van der Waals surface area contributed by atoms with Gasteiger partial charge in [0.1, 0.15) is 0 Å². The van der Waals surface area contributed by atoms with E-state index < -0.39 is 0 Å². The first-order valence-corrected chi connectivity index (χ1v) is 12.4. The van der Waals surface area contributed by atoms with E-state index in [4.69, 9.17) is 0 Å². The summed E-state index contributed by atoms with van der Waals surface area (Å²) in [5, 5.41) is 0. The molecule has 6 N–H and O–H groups in total. The molecule has 1 aromatic rings. The van der Waals surface area contributed by atoms with Gasteiger partial charge in [0.05, 0.1) is 0 Å². The molecule has 0 aliphatic rings. The summed E-state index contributed by atoms with van der Waals surface area (Å²) in [7, 11) is 0. The van der Waals surface area contributed by atoms with E-state index in [-0.39, 0.29) is 34.0 Å². The SMILES string of the molecule is CCCCCCCCCCCCc1[c-]cccc1.NC(=S)[S-].NC(=S)[S-].NC(=S)[S-].[Mo+4]. The van der Waals surface area contributed by atoms with Crippen LogP contribution in [0, 0.1) is 6.07 Å². The monoisotopic (exact) mass is 619 g/mol. The zero-order valence-corrected chi connectivity index (χ0v) is 25.1. The predicted molar refractivity (Wildman–Crippen MR) is 153 cm³/mol. The van der Waals surface area contributed by atoms with Crippen LogP contribution in [0.4, 0.5) is 0 Å². The normalized spacial score (nSPS) is 8.55. The molecule has 0 saturated carbocycles. The minimum Gasteiger partial charge on any atom is -0.415 e. The summed E-state index contributed by atoms with van der Waals surface area (Å²) in [6, 6.07) is 11.7. The second kappa shape index (κ2) is 32.4. The van der Waals surface area contributed by atoms with Gasteiger partial charge in [0.25, 0.3) is 0 Å². The van der Waals surface area contributed by atoms with Crippen LogP contribution in [0.25, 0.3) is 0 Å². The number of benzene rings is 1. The van der Waals surface area contributed by atoms with Gasteiger partial charge in [-0.3, -0.25) is 0 Å². The van der Waals surface area contributed by atoms with Crippen LogP contribution in [0.5, 0.6) is 0 Å². The summed E-state index contributed by atoms with van der Waals surface area (Å²) in [5.41, 5.74) is 15.3. The van der Waals surface area contributed by atoms with E-state index >= 15 is 0 Å². The molecule has 0 aliphatic carbocycles. The minimum absolute atomic E-state index is 0. The van der Waals surface area contributed by atoms with E-state index in [1.807, 2.05) is 12.1 Å². The van der Waals surface area contributed by atoms with Crippen LogP contribution < -0.4 is 17.2 Å². The quantitative estimate of drug-likeness (QED) is 0.101. The molecule has 1 aromatic carbocycles. The molecule has 0 heterocycles. The summed E-state index contributed by atoms with van der Waals surface area (Å²) in [5.74, 6) is 0. The Labute approximate surface area is 237 Å². The Morgan fingerprint density at radius 3 is 1.42 bits per heavy atom. The van der Waals surface area contributed by atoms with E-state index in [1.54, 1.807) is 0 Å². The van der Waals surface area contributed by atoms with Crippen LogP contribution in [-0.2, 0) is 65.4 Å². The van der Waals surface area contributed by atoms with Crippen LogP contribution in [0.1, 0.15) is 76.7 Å². The molecule has 0 fully saturated rings. The molecule has 0 amide bonds. The molecular weight excluding hydrogens is 583 g/mol. The maximum Gasteiger partial charge on any atom is 4.00 e. The van der Waals surface area contributed by atoms with Crippen molar-refractivity contribution in [3.63, 3.8) is 0 Å². The Balaban J connectivity index is -0.000000232. The van der Waals surface area contributed by atoms with Crippen molar-refractivity contribution in [1.29, 1.82) is 0 Å². The van der Waals surface area contributed by atoms with Crippen molar-refractivity contribution in [3.8, 4) is 0 Å². The van der Waals surface area contributed by atoms with Crippen LogP contribution in [0.3, 0.4) is 0 Å². The van der Waals surface area contributed by atoms with Gasteiger partial charge in [0.15, 0.2) is 0 Å². The van der Waals surface area contributed by atoms with Crippen molar-refractivity contribution in [1.82, 2.24) is 0 Å². The van der Waals surface area contributed by atoms with E-state index in [1.165, 1.54) is 76.2 Å². The van der Waals surface area contributed by atoms with Crippen LogP contribution in [-0.4, -0.2) is 13.0 Å². The molecule has 1 rings (SSSR count). The third-order valence-corrected chi connectivity index (χ3v) is 3.57. The minimum atomic E-state index is 0. The van der Waals surface area contributed by atoms with Gasteiger partial charge in [-0.05, 0) is 0 Å². The number of rotatable bonds is 11. The fraction of sp³-hybridized carbons (Fsp3) is 0.571. The molecule has 10 heteroatoms. The van der Waals surface area contributed by atoms with Crippen LogP contribution >= 0.6 is 36.7 Å². The first kappa shape index (κ1) is 38.5. The van der Waals surface area contributed by atoms with Crippen molar-refractivity contribution >= 4 is 87.5 Å². The standard InChI is InChI=1S/C18H29.3CH3NS2.Mo/c1-2-3-4-5-6-7-8-9-10-12-15-18-16-13-11-14-17-18;3*2-1(3)4;/h11,13-14,16H,2-10,12,15H2,1H3;3*(H3,2,3,4);/q-1;;;;+4/p-3. The largest absolute Gasteiger partial charge is 4.00 e. The molecule has 0 aromatic heterocycles. The average molecular weight is 618 g/mol. The molecule has 0 bridgehead atoms. The Hall–Kier alpha value is 0.238. The third kappa shape index (κ3) is 58.9. The van der Waals surface area contributed by atoms with E-state index in [2.05, 4.69) is 117 Å². The molecular formula is C21H35MoN3S6. The molecule has 0 unspecified atom stereocenters. The van der Waals surface area contributed by atoms with Crippen LogP contribution in [0.15, 0.2) is 24.3 Å². The third-order valence-electron chi connectivity index (χ3n) is 3.57. The smallest absolute Gasteiger partial charge is 0.415 e. The molecule has 176 valence electrons. The van der Waals surface area contributed by atoms with E-state index in [0.29, 0.717) is 0 Å². The predicted octanol–water partition coefficient (Wildman–Crippen LogP) is 5.28. The zero-order valence-electron chi connectivity index (χ0n) is 18.2. The van der Waals surface area contributed by atoms with Crippen molar-refractivity contribution < 1.29 is 21.1 Å². The van der Waals surface area contributed by atoms with Crippen molar-refractivity contribution in [3.05, 3.63) is 35.9 Å². The van der Waals surface area contributed by atoms with Gasteiger partial charge in [0.2, 0.25) is 0 Å². The Kier molecular flexibility index (Phi) is 40.3. The van der Waals surface area contributed by atoms with E-state index in [0.717, 1.165) is 0 Å².